The Morgan fingerprint density at radius 2 is 1.75 bits per heavy atom. The normalized spacial score (nSPS) is 27.7. The summed E-state index contributed by atoms with van der Waals surface area (Å²) in [6.07, 6.45) is 4.06. The zero-order valence-corrected chi connectivity index (χ0v) is 14.7. The molecule has 0 bridgehead atoms. The fourth-order valence-electron chi connectivity index (χ4n) is 3.93. The van der Waals surface area contributed by atoms with Gasteiger partial charge in [-0.05, 0) is 55.9 Å². The van der Waals surface area contributed by atoms with E-state index in [-0.39, 0.29) is 23.3 Å². The largest absolute Gasteiger partial charge is 0.503 e. The molecule has 2 aliphatic rings. The van der Waals surface area contributed by atoms with Gasteiger partial charge in [0.25, 0.3) is 5.91 Å². The molecule has 1 aromatic rings. The molecule has 1 aliphatic heterocycles. The Bertz CT molecular complexity index is 687. The van der Waals surface area contributed by atoms with Crippen LogP contribution < -0.4 is 4.90 Å². The highest BCUT2D eigenvalue weighted by atomic mass is 35.5. The van der Waals surface area contributed by atoms with Crippen LogP contribution in [0, 0.1) is 11.8 Å². The van der Waals surface area contributed by atoms with E-state index in [4.69, 9.17) is 11.6 Å². The first kappa shape index (κ1) is 17.0. The second-order valence-corrected chi connectivity index (χ2v) is 7.37. The first-order valence-corrected chi connectivity index (χ1v) is 8.81. The van der Waals surface area contributed by atoms with E-state index in [0.717, 1.165) is 25.7 Å². The van der Waals surface area contributed by atoms with Gasteiger partial charge in [-0.15, -0.1) is 0 Å². The summed E-state index contributed by atoms with van der Waals surface area (Å²) < 4.78 is 0. The Labute approximate surface area is 147 Å². The van der Waals surface area contributed by atoms with E-state index >= 15 is 0 Å². The van der Waals surface area contributed by atoms with Crippen LogP contribution in [-0.2, 0) is 9.59 Å². The van der Waals surface area contributed by atoms with Crippen molar-refractivity contribution in [2.75, 3.05) is 4.90 Å². The van der Waals surface area contributed by atoms with Gasteiger partial charge in [0.15, 0.2) is 11.5 Å². The molecule has 1 amide bonds. The summed E-state index contributed by atoms with van der Waals surface area (Å²) in [6, 6.07) is 6.56. The summed E-state index contributed by atoms with van der Waals surface area (Å²) in [6.45, 7) is 3.65. The van der Waals surface area contributed by atoms with E-state index in [2.05, 4.69) is 6.92 Å². The molecule has 24 heavy (non-hydrogen) atoms. The van der Waals surface area contributed by atoms with Gasteiger partial charge in [0, 0.05) is 10.7 Å². The SMILES string of the molecule is CC(=O)C1=C(O)C(=O)N(c2ccc(Cl)cc2)C1C1CCC(C)CC1. The van der Waals surface area contributed by atoms with Crippen LogP contribution in [0.3, 0.4) is 0 Å². The van der Waals surface area contributed by atoms with Crippen LogP contribution in [0.4, 0.5) is 5.69 Å². The molecule has 0 saturated heterocycles. The van der Waals surface area contributed by atoms with Gasteiger partial charge in [0.1, 0.15) is 0 Å². The molecule has 4 nitrogen and oxygen atoms in total. The molecule has 1 aliphatic carbocycles. The molecule has 1 atom stereocenters. The summed E-state index contributed by atoms with van der Waals surface area (Å²) in [4.78, 5) is 26.4. The Kier molecular flexibility index (Phi) is 4.68. The highest BCUT2D eigenvalue weighted by Gasteiger charge is 2.46. The standard InChI is InChI=1S/C19H22ClNO3/c1-11-3-5-13(6-4-11)17-16(12(2)22)18(23)19(24)21(17)15-9-7-14(20)8-10-15/h7-11,13,17,23H,3-6H2,1-2H3. The average Bonchev–Trinajstić information content (AvgIpc) is 2.81. The van der Waals surface area contributed by atoms with E-state index in [1.807, 2.05) is 0 Å². The lowest BCUT2D eigenvalue weighted by molar-refractivity contribution is -0.117. The number of carbonyl (C=O) groups is 2. The second-order valence-electron chi connectivity index (χ2n) is 6.93. The van der Waals surface area contributed by atoms with Crippen molar-refractivity contribution in [1.82, 2.24) is 0 Å². The maximum atomic E-state index is 12.7. The number of halogens is 1. The molecule has 1 fully saturated rings. The van der Waals surface area contributed by atoms with Crippen LogP contribution in [0.15, 0.2) is 35.6 Å². The maximum absolute atomic E-state index is 12.7. The van der Waals surface area contributed by atoms with Crippen molar-refractivity contribution in [3.05, 3.63) is 40.6 Å². The number of carbonyl (C=O) groups excluding carboxylic acids is 2. The summed E-state index contributed by atoms with van der Waals surface area (Å²) in [7, 11) is 0. The molecule has 5 heteroatoms. The maximum Gasteiger partial charge on any atom is 0.294 e. The first-order valence-electron chi connectivity index (χ1n) is 8.43. The third-order valence-corrected chi connectivity index (χ3v) is 5.49. The zero-order chi connectivity index (χ0) is 17.4. The number of nitrogens with zero attached hydrogens (tertiary/aromatic N) is 1. The summed E-state index contributed by atoms with van der Waals surface area (Å²) >= 11 is 5.95. The lowest BCUT2D eigenvalue weighted by Gasteiger charge is -2.36. The number of aliphatic hydroxyl groups is 1. The van der Waals surface area contributed by atoms with Gasteiger partial charge in [-0.25, -0.2) is 0 Å². The van der Waals surface area contributed by atoms with Crippen LogP contribution in [0.25, 0.3) is 0 Å². The number of benzene rings is 1. The second kappa shape index (κ2) is 6.60. The Balaban J connectivity index is 2.01. The van der Waals surface area contributed by atoms with E-state index in [9.17, 15) is 14.7 Å². The molecule has 128 valence electrons. The molecule has 3 rings (SSSR count). The minimum Gasteiger partial charge on any atom is -0.503 e. The van der Waals surface area contributed by atoms with Crippen molar-refractivity contribution in [2.24, 2.45) is 11.8 Å². The lowest BCUT2D eigenvalue weighted by atomic mass is 9.76. The number of hydrogen-bond acceptors (Lipinski definition) is 3. The van der Waals surface area contributed by atoms with Crippen LogP contribution in [0.1, 0.15) is 39.5 Å². The Morgan fingerprint density at radius 1 is 1.17 bits per heavy atom. The topological polar surface area (TPSA) is 57.6 Å². The van der Waals surface area contributed by atoms with E-state index in [1.54, 1.807) is 29.2 Å². The van der Waals surface area contributed by atoms with Gasteiger partial charge in [-0.2, -0.15) is 0 Å². The van der Waals surface area contributed by atoms with Crippen molar-refractivity contribution < 1.29 is 14.7 Å². The summed E-state index contributed by atoms with van der Waals surface area (Å²) in [5, 5.41) is 10.9. The van der Waals surface area contributed by atoms with Crippen molar-refractivity contribution >= 4 is 29.0 Å². The monoisotopic (exact) mass is 347 g/mol. The van der Waals surface area contributed by atoms with Crippen molar-refractivity contribution in [3.8, 4) is 0 Å². The molecule has 1 saturated carbocycles. The summed E-state index contributed by atoms with van der Waals surface area (Å²) in [5.41, 5.74) is 0.922. The number of ketones is 1. The third-order valence-electron chi connectivity index (χ3n) is 5.24. The third kappa shape index (κ3) is 2.95. The number of Topliss-reactive ketones (excluding diaryl/α,β-unsaturated/α-hetero) is 1. The smallest absolute Gasteiger partial charge is 0.294 e. The molecule has 0 spiro atoms. The number of rotatable bonds is 3. The van der Waals surface area contributed by atoms with Crippen LogP contribution in [0.5, 0.6) is 0 Å². The van der Waals surface area contributed by atoms with E-state index < -0.39 is 11.7 Å². The molecule has 1 heterocycles. The van der Waals surface area contributed by atoms with E-state index in [1.165, 1.54) is 6.92 Å². The van der Waals surface area contributed by atoms with Crippen molar-refractivity contribution in [3.63, 3.8) is 0 Å². The van der Waals surface area contributed by atoms with E-state index in [0.29, 0.717) is 16.6 Å². The van der Waals surface area contributed by atoms with Crippen molar-refractivity contribution in [2.45, 2.75) is 45.6 Å². The fourth-order valence-corrected chi connectivity index (χ4v) is 4.05. The van der Waals surface area contributed by atoms with Crippen LogP contribution in [-0.4, -0.2) is 22.8 Å². The van der Waals surface area contributed by atoms with Gasteiger partial charge in [0.2, 0.25) is 0 Å². The number of aliphatic hydroxyl groups excluding tert-OH is 1. The molecule has 1 unspecified atom stereocenters. The highest BCUT2D eigenvalue weighted by Crippen LogP contribution is 2.41. The van der Waals surface area contributed by atoms with Gasteiger partial charge in [-0.3, -0.25) is 14.5 Å². The molecular weight excluding hydrogens is 326 g/mol. The van der Waals surface area contributed by atoms with Crippen LogP contribution >= 0.6 is 11.6 Å². The van der Waals surface area contributed by atoms with Gasteiger partial charge >= 0.3 is 0 Å². The van der Waals surface area contributed by atoms with Gasteiger partial charge in [0.05, 0.1) is 11.6 Å². The first-order chi connectivity index (χ1) is 11.4. The molecule has 1 aromatic carbocycles. The minimum atomic E-state index is -0.494. The Hall–Kier alpha value is -1.81. The minimum absolute atomic E-state index is 0.185. The molecular formula is C19H22ClNO3. The molecule has 0 radical (unpaired) electrons. The number of amides is 1. The van der Waals surface area contributed by atoms with Crippen molar-refractivity contribution in [1.29, 1.82) is 0 Å². The van der Waals surface area contributed by atoms with Gasteiger partial charge in [-0.1, -0.05) is 31.4 Å². The van der Waals surface area contributed by atoms with Gasteiger partial charge < -0.3 is 5.11 Å². The Morgan fingerprint density at radius 3 is 2.29 bits per heavy atom. The predicted octanol–water partition coefficient (Wildman–Crippen LogP) is 4.28. The molecule has 1 N–H and O–H groups in total. The van der Waals surface area contributed by atoms with Crippen LogP contribution in [0.2, 0.25) is 5.02 Å². The number of anilines is 1. The number of hydrogen-bond donors (Lipinski definition) is 1. The summed E-state index contributed by atoms with van der Waals surface area (Å²) in [5.74, 6) is -0.279. The fraction of sp³-hybridized carbons (Fsp3) is 0.474. The lowest BCUT2D eigenvalue weighted by Crippen LogP contribution is -2.43. The predicted molar refractivity (Wildman–Crippen MR) is 94.2 cm³/mol. The zero-order valence-electron chi connectivity index (χ0n) is 14.0. The average molecular weight is 348 g/mol. The molecule has 0 aromatic heterocycles. The highest BCUT2D eigenvalue weighted by molar-refractivity contribution is 6.30. The quantitative estimate of drug-likeness (QED) is 0.887.